The van der Waals surface area contributed by atoms with Crippen LogP contribution in [0, 0.1) is 0 Å². The number of imidazole rings is 1. The van der Waals surface area contributed by atoms with E-state index >= 15 is 0 Å². The van der Waals surface area contributed by atoms with Crippen molar-refractivity contribution in [3.05, 3.63) is 54.6 Å². The zero-order valence-electron chi connectivity index (χ0n) is 15.6. The van der Waals surface area contributed by atoms with Crippen molar-refractivity contribution < 1.29 is 13.2 Å². The van der Waals surface area contributed by atoms with E-state index in [9.17, 15) is 13.2 Å². The first kappa shape index (κ1) is 18.6. The van der Waals surface area contributed by atoms with E-state index in [0.29, 0.717) is 31.9 Å². The van der Waals surface area contributed by atoms with Gasteiger partial charge in [0.1, 0.15) is 6.04 Å². The molecule has 1 amide bonds. The Morgan fingerprint density at radius 2 is 1.86 bits per heavy atom. The van der Waals surface area contributed by atoms with Gasteiger partial charge in [0.2, 0.25) is 21.9 Å². The molecular formula is C20H22N4O3S. The number of nitrogens with zero attached hydrogens (tertiary/aromatic N) is 3. The van der Waals surface area contributed by atoms with Crippen LogP contribution in [-0.2, 0) is 21.4 Å². The number of amides is 1. The second kappa shape index (κ2) is 7.37. The summed E-state index contributed by atoms with van der Waals surface area (Å²) in [6.45, 7) is 2.96. The third-order valence-electron chi connectivity index (χ3n) is 5.06. The lowest BCUT2D eigenvalue weighted by Crippen LogP contribution is -2.43. The number of sulfonamides is 1. The Morgan fingerprint density at radius 3 is 2.61 bits per heavy atom. The van der Waals surface area contributed by atoms with Crippen molar-refractivity contribution in [1.82, 2.24) is 13.9 Å². The molecule has 3 aromatic rings. The number of nitrogens with one attached hydrogen (secondary N) is 1. The predicted octanol–water partition coefficient (Wildman–Crippen LogP) is 2.85. The second-order valence-corrected chi connectivity index (χ2v) is 8.64. The van der Waals surface area contributed by atoms with Gasteiger partial charge in [0.15, 0.2) is 0 Å². The summed E-state index contributed by atoms with van der Waals surface area (Å²) in [7, 11) is -3.72. The number of para-hydroxylation sites is 2. The summed E-state index contributed by atoms with van der Waals surface area (Å²) in [4.78, 5) is 17.7. The molecule has 8 heteroatoms. The quantitative estimate of drug-likeness (QED) is 0.716. The number of carbonyl (C=O) groups is 1. The van der Waals surface area contributed by atoms with Crippen molar-refractivity contribution in [1.29, 1.82) is 0 Å². The van der Waals surface area contributed by atoms with Gasteiger partial charge in [-0.15, -0.1) is 0 Å². The number of rotatable bonds is 5. The Bertz CT molecular complexity index is 1110. The van der Waals surface area contributed by atoms with Crippen molar-refractivity contribution in [3.63, 3.8) is 0 Å². The molecule has 7 nitrogen and oxygen atoms in total. The zero-order chi connectivity index (χ0) is 19.7. The average Bonchev–Trinajstić information content (AvgIpc) is 3.33. The highest BCUT2D eigenvalue weighted by Crippen LogP contribution is 2.27. The molecule has 2 aromatic carbocycles. The van der Waals surface area contributed by atoms with E-state index in [1.165, 1.54) is 4.31 Å². The van der Waals surface area contributed by atoms with Gasteiger partial charge in [-0.3, -0.25) is 10.1 Å². The largest absolute Gasteiger partial charge is 0.310 e. The number of hydrogen-bond acceptors (Lipinski definition) is 4. The summed E-state index contributed by atoms with van der Waals surface area (Å²) >= 11 is 0. The van der Waals surface area contributed by atoms with E-state index in [-0.39, 0.29) is 10.8 Å². The number of aryl methyl sites for hydroxylation is 1. The number of benzene rings is 2. The van der Waals surface area contributed by atoms with E-state index in [4.69, 9.17) is 0 Å². The molecule has 1 N–H and O–H groups in total. The number of carbonyl (C=O) groups excluding carboxylic acids is 1. The van der Waals surface area contributed by atoms with E-state index in [1.54, 1.807) is 30.3 Å². The fourth-order valence-corrected chi connectivity index (χ4v) is 5.38. The first-order valence-corrected chi connectivity index (χ1v) is 10.8. The third kappa shape index (κ3) is 3.18. The van der Waals surface area contributed by atoms with Gasteiger partial charge in [0.25, 0.3) is 0 Å². The highest BCUT2D eigenvalue weighted by atomic mass is 32.2. The highest BCUT2D eigenvalue weighted by Gasteiger charge is 2.39. The number of anilines is 1. The molecule has 1 fully saturated rings. The predicted molar refractivity (Wildman–Crippen MR) is 107 cm³/mol. The maximum Gasteiger partial charge on any atom is 0.245 e. The van der Waals surface area contributed by atoms with E-state index < -0.39 is 16.1 Å². The van der Waals surface area contributed by atoms with Crippen LogP contribution in [0.1, 0.15) is 19.8 Å². The van der Waals surface area contributed by atoms with Crippen molar-refractivity contribution in [2.24, 2.45) is 0 Å². The van der Waals surface area contributed by atoms with Gasteiger partial charge in [-0.2, -0.15) is 4.31 Å². The minimum atomic E-state index is -3.72. The first-order chi connectivity index (χ1) is 13.5. The molecule has 0 bridgehead atoms. The zero-order valence-corrected chi connectivity index (χ0v) is 16.4. The molecule has 1 aromatic heterocycles. The molecule has 1 unspecified atom stereocenters. The average molecular weight is 398 g/mol. The lowest BCUT2D eigenvalue weighted by Gasteiger charge is -2.23. The van der Waals surface area contributed by atoms with Crippen LogP contribution in [0.25, 0.3) is 11.0 Å². The van der Waals surface area contributed by atoms with Gasteiger partial charge in [0.05, 0.1) is 15.9 Å². The molecule has 2 heterocycles. The highest BCUT2D eigenvalue weighted by molar-refractivity contribution is 7.89. The lowest BCUT2D eigenvalue weighted by atomic mass is 10.2. The molecule has 0 radical (unpaired) electrons. The van der Waals surface area contributed by atoms with Gasteiger partial charge in [-0.25, -0.2) is 13.4 Å². The molecule has 1 atom stereocenters. The monoisotopic (exact) mass is 398 g/mol. The molecule has 1 saturated heterocycles. The molecule has 28 heavy (non-hydrogen) atoms. The van der Waals surface area contributed by atoms with Crippen molar-refractivity contribution >= 4 is 32.9 Å². The van der Waals surface area contributed by atoms with Crippen LogP contribution in [0.4, 0.5) is 5.95 Å². The summed E-state index contributed by atoms with van der Waals surface area (Å²) in [6, 6.07) is 15.2. The molecule has 1 aliphatic heterocycles. The third-order valence-corrected chi connectivity index (χ3v) is 6.98. The number of aromatic nitrogens is 2. The summed E-state index contributed by atoms with van der Waals surface area (Å²) in [5.74, 6) is 0.0969. The summed E-state index contributed by atoms with van der Waals surface area (Å²) in [5.41, 5.74) is 1.72. The minimum Gasteiger partial charge on any atom is -0.310 e. The van der Waals surface area contributed by atoms with Gasteiger partial charge < -0.3 is 4.57 Å². The molecular weight excluding hydrogens is 376 g/mol. The molecule has 0 aliphatic carbocycles. The normalized spacial score (nSPS) is 17.8. The lowest BCUT2D eigenvalue weighted by molar-refractivity contribution is -0.119. The van der Waals surface area contributed by atoms with Crippen LogP contribution < -0.4 is 5.32 Å². The number of fused-ring (bicyclic) bond motifs is 1. The molecule has 0 spiro atoms. The van der Waals surface area contributed by atoms with Gasteiger partial charge in [0, 0.05) is 13.1 Å². The van der Waals surface area contributed by atoms with Gasteiger partial charge in [-0.1, -0.05) is 30.3 Å². The fourth-order valence-electron chi connectivity index (χ4n) is 3.70. The van der Waals surface area contributed by atoms with E-state index in [2.05, 4.69) is 10.3 Å². The van der Waals surface area contributed by atoms with Crippen LogP contribution in [0.5, 0.6) is 0 Å². The minimum absolute atomic E-state index is 0.204. The smallest absolute Gasteiger partial charge is 0.245 e. The summed E-state index contributed by atoms with van der Waals surface area (Å²) < 4.78 is 29.2. The molecule has 146 valence electrons. The second-order valence-electron chi connectivity index (χ2n) is 6.74. The Kier molecular flexibility index (Phi) is 4.91. The maximum absolute atomic E-state index is 13.0. The standard InChI is InChI=1S/C20H22N4O3S/c1-2-23-17-12-7-6-11-16(17)21-20(23)22-19(25)18-13-8-14-24(18)28(26,27)15-9-4-3-5-10-15/h3-7,9-12,18H,2,8,13-14H2,1H3,(H,21,22,25). The Labute approximate surface area is 164 Å². The van der Waals surface area contributed by atoms with Crippen LogP contribution >= 0.6 is 0 Å². The van der Waals surface area contributed by atoms with Gasteiger partial charge >= 0.3 is 0 Å². The van der Waals surface area contributed by atoms with E-state index in [0.717, 1.165) is 11.0 Å². The summed E-state index contributed by atoms with van der Waals surface area (Å²) in [6.07, 6.45) is 1.14. The fraction of sp³-hybridized carbons (Fsp3) is 0.300. The Hall–Kier alpha value is -2.71. The van der Waals surface area contributed by atoms with Crippen LogP contribution in [0.2, 0.25) is 0 Å². The van der Waals surface area contributed by atoms with Gasteiger partial charge in [-0.05, 0) is 44.0 Å². The number of hydrogen-bond donors (Lipinski definition) is 1. The van der Waals surface area contributed by atoms with Crippen LogP contribution in [0.3, 0.4) is 0 Å². The first-order valence-electron chi connectivity index (χ1n) is 9.35. The molecule has 1 aliphatic rings. The SMILES string of the molecule is CCn1c(NC(=O)C2CCCN2S(=O)(=O)c2ccccc2)nc2ccccc21. The van der Waals surface area contributed by atoms with Crippen LogP contribution in [-0.4, -0.2) is 40.8 Å². The maximum atomic E-state index is 13.0. The topological polar surface area (TPSA) is 84.3 Å². The van der Waals surface area contributed by atoms with Crippen molar-refractivity contribution in [2.75, 3.05) is 11.9 Å². The molecule has 4 rings (SSSR count). The Morgan fingerprint density at radius 1 is 1.14 bits per heavy atom. The van der Waals surface area contributed by atoms with Crippen molar-refractivity contribution in [3.8, 4) is 0 Å². The molecule has 0 saturated carbocycles. The van der Waals surface area contributed by atoms with Crippen molar-refractivity contribution in [2.45, 2.75) is 37.2 Å². The van der Waals surface area contributed by atoms with E-state index in [1.807, 2.05) is 35.8 Å². The van der Waals surface area contributed by atoms with Crippen LogP contribution in [0.15, 0.2) is 59.5 Å². The summed E-state index contributed by atoms with van der Waals surface area (Å²) in [5, 5.41) is 2.85. The Balaban J connectivity index is 1.61.